The molecule has 0 radical (unpaired) electrons. The van der Waals surface area contributed by atoms with Crippen LogP contribution in [0.3, 0.4) is 0 Å². The van der Waals surface area contributed by atoms with Crippen molar-refractivity contribution in [2.24, 2.45) is 23.7 Å². The molecule has 6 atom stereocenters. The first kappa shape index (κ1) is 80.1. The van der Waals surface area contributed by atoms with Gasteiger partial charge in [-0.25, -0.2) is 9.13 Å². The molecule has 0 aromatic heterocycles. The monoisotopic (exact) mass is 1210 g/mol. The van der Waals surface area contributed by atoms with Gasteiger partial charge in [-0.3, -0.25) is 37.3 Å². The summed E-state index contributed by atoms with van der Waals surface area (Å²) in [5.41, 5.74) is 0. The number of carbonyl (C=O) groups excluding carboxylic acids is 4. The minimum Gasteiger partial charge on any atom is -0.462 e. The molecule has 0 aliphatic rings. The number of phosphoric acid groups is 2. The highest BCUT2D eigenvalue weighted by Crippen LogP contribution is 2.45. The van der Waals surface area contributed by atoms with Crippen molar-refractivity contribution in [3.63, 3.8) is 0 Å². The molecule has 19 heteroatoms. The van der Waals surface area contributed by atoms with Crippen LogP contribution in [0.4, 0.5) is 0 Å². The maximum Gasteiger partial charge on any atom is 0.472 e. The number of aliphatic hydroxyl groups excluding tert-OH is 1. The molecule has 3 N–H and O–H groups in total. The SMILES string of the molecule is CCC(C)CCCCCCCCC(=O)O[C@H](COC(=O)CCCCCCCCC(C)C)COP(=O)(O)OC[C@H](O)COP(=O)(O)OC[C@@H](COC(=O)CCCCCCCCCCCC(C)C)OC(=O)CCCCCCCCCCC(C)C. The van der Waals surface area contributed by atoms with Gasteiger partial charge in [0.15, 0.2) is 12.2 Å². The Morgan fingerprint density at radius 2 is 0.585 bits per heavy atom. The molecule has 0 amide bonds. The van der Waals surface area contributed by atoms with Gasteiger partial charge in [-0.2, -0.15) is 0 Å². The van der Waals surface area contributed by atoms with E-state index in [4.69, 9.17) is 37.0 Å². The summed E-state index contributed by atoms with van der Waals surface area (Å²) in [6.45, 7) is 13.9. The van der Waals surface area contributed by atoms with Gasteiger partial charge in [0.25, 0.3) is 0 Å². The van der Waals surface area contributed by atoms with Crippen LogP contribution in [0.15, 0.2) is 0 Å². The molecule has 0 saturated heterocycles. The second-order valence-electron chi connectivity index (χ2n) is 24.5. The lowest BCUT2D eigenvalue weighted by Gasteiger charge is -2.21. The van der Waals surface area contributed by atoms with E-state index >= 15 is 0 Å². The maximum atomic E-state index is 13.0. The minimum atomic E-state index is -4.94. The normalized spacial score (nSPS) is 14.8. The average Bonchev–Trinajstić information content (AvgIpc) is 3.42. The number of ether oxygens (including phenoxy) is 4. The number of aliphatic hydroxyl groups is 1. The Balaban J connectivity index is 5.25. The third kappa shape index (κ3) is 55.9. The van der Waals surface area contributed by atoms with E-state index in [0.717, 1.165) is 114 Å². The van der Waals surface area contributed by atoms with Crippen LogP contribution in [0.5, 0.6) is 0 Å². The van der Waals surface area contributed by atoms with Gasteiger partial charge in [-0.1, -0.05) is 248 Å². The van der Waals surface area contributed by atoms with Crippen LogP contribution in [-0.4, -0.2) is 96.7 Å². The van der Waals surface area contributed by atoms with Gasteiger partial charge < -0.3 is 33.8 Å². The molecule has 0 aliphatic carbocycles. The lowest BCUT2D eigenvalue weighted by Crippen LogP contribution is -2.30. The maximum absolute atomic E-state index is 13.0. The Morgan fingerprint density at radius 3 is 0.866 bits per heavy atom. The van der Waals surface area contributed by atoms with Crippen molar-refractivity contribution in [3.8, 4) is 0 Å². The fraction of sp³-hybridized carbons (Fsp3) is 0.937. The zero-order chi connectivity index (χ0) is 61.1. The lowest BCUT2D eigenvalue weighted by atomic mass is 10.00. The smallest absolute Gasteiger partial charge is 0.462 e. The quantitative estimate of drug-likeness (QED) is 0.0222. The summed E-state index contributed by atoms with van der Waals surface area (Å²) in [6, 6.07) is 0. The molecule has 17 nitrogen and oxygen atoms in total. The summed E-state index contributed by atoms with van der Waals surface area (Å²) in [5.74, 6) is 0.716. The number of esters is 4. The Hall–Kier alpha value is -1.94. The number of unbranched alkanes of at least 4 members (excludes halogenated alkanes) is 25. The second kappa shape index (κ2) is 53.3. The molecule has 0 rings (SSSR count). The molecule has 0 heterocycles. The van der Waals surface area contributed by atoms with Crippen LogP contribution >= 0.6 is 15.6 Å². The molecule has 82 heavy (non-hydrogen) atoms. The zero-order valence-electron chi connectivity index (χ0n) is 53.1. The minimum absolute atomic E-state index is 0.101. The van der Waals surface area contributed by atoms with E-state index in [1.165, 1.54) is 96.3 Å². The number of carbonyl (C=O) groups is 4. The van der Waals surface area contributed by atoms with Gasteiger partial charge in [-0.15, -0.1) is 0 Å². The van der Waals surface area contributed by atoms with Crippen molar-refractivity contribution >= 4 is 39.5 Å². The van der Waals surface area contributed by atoms with Crippen molar-refractivity contribution < 1.29 is 80.2 Å². The van der Waals surface area contributed by atoms with Gasteiger partial charge in [0.2, 0.25) is 0 Å². The van der Waals surface area contributed by atoms with Crippen LogP contribution in [0.25, 0.3) is 0 Å². The van der Waals surface area contributed by atoms with Gasteiger partial charge in [0.05, 0.1) is 26.4 Å². The van der Waals surface area contributed by atoms with E-state index in [2.05, 4.69) is 55.4 Å². The molecule has 0 saturated carbocycles. The van der Waals surface area contributed by atoms with Crippen LogP contribution < -0.4 is 0 Å². The summed E-state index contributed by atoms with van der Waals surface area (Å²) in [6.07, 6.45) is 32.3. The highest BCUT2D eigenvalue weighted by molar-refractivity contribution is 7.47. The predicted molar refractivity (Wildman–Crippen MR) is 326 cm³/mol. The van der Waals surface area contributed by atoms with Crippen LogP contribution in [0.1, 0.15) is 299 Å². The molecule has 0 aliphatic heterocycles. The fourth-order valence-electron chi connectivity index (χ4n) is 9.22. The van der Waals surface area contributed by atoms with Crippen LogP contribution in [0.2, 0.25) is 0 Å². The highest BCUT2D eigenvalue weighted by atomic mass is 31.2. The molecule has 0 spiro atoms. The molecule has 3 unspecified atom stereocenters. The Morgan fingerprint density at radius 1 is 0.341 bits per heavy atom. The van der Waals surface area contributed by atoms with Gasteiger partial charge in [0.1, 0.15) is 19.3 Å². The standard InChI is InChI=1S/C63H122O17P2/c1-9-56(8)42-34-26-20-22-30-38-46-63(68)80-59(50-74-61(66)44-36-28-21-19-25-33-41-55(6)7)52-78-82(71,72)76-48-57(64)47-75-81(69,70)77-51-58(79-62(67)45-37-29-18-14-13-16-24-32-40-54(4)5)49-73-60(65)43-35-27-17-12-10-11-15-23-31-39-53(2)3/h53-59,64H,9-52H2,1-8H3,(H,69,70)(H,71,72)/t56?,57-,58-,59-/m1/s1. The lowest BCUT2D eigenvalue weighted by molar-refractivity contribution is -0.161. The summed E-state index contributed by atoms with van der Waals surface area (Å²) in [4.78, 5) is 72.1. The molecule has 0 aromatic rings. The molecular formula is C63H122O17P2. The second-order valence-corrected chi connectivity index (χ2v) is 27.4. The third-order valence-electron chi connectivity index (χ3n) is 14.7. The largest absolute Gasteiger partial charge is 0.472 e. The van der Waals surface area contributed by atoms with E-state index in [1.54, 1.807) is 0 Å². The summed E-state index contributed by atoms with van der Waals surface area (Å²) >= 11 is 0. The van der Waals surface area contributed by atoms with Crippen molar-refractivity contribution in [2.45, 2.75) is 318 Å². The van der Waals surface area contributed by atoms with Crippen LogP contribution in [0, 0.1) is 23.7 Å². The molecule has 0 bridgehead atoms. The van der Waals surface area contributed by atoms with Crippen molar-refractivity contribution in [3.05, 3.63) is 0 Å². The Kier molecular flexibility index (Phi) is 52.0. The zero-order valence-corrected chi connectivity index (χ0v) is 54.9. The van der Waals surface area contributed by atoms with Crippen molar-refractivity contribution in [1.82, 2.24) is 0 Å². The number of hydrogen-bond donors (Lipinski definition) is 3. The van der Waals surface area contributed by atoms with Gasteiger partial charge >= 0.3 is 39.5 Å². The summed E-state index contributed by atoms with van der Waals surface area (Å²) in [5, 5.41) is 10.5. The van der Waals surface area contributed by atoms with E-state index in [-0.39, 0.29) is 25.7 Å². The van der Waals surface area contributed by atoms with E-state index < -0.39 is 97.5 Å². The number of hydrogen-bond acceptors (Lipinski definition) is 15. The van der Waals surface area contributed by atoms with Crippen molar-refractivity contribution in [2.75, 3.05) is 39.6 Å². The van der Waals surface area contributed by atoms with Crippen molar-refractivity contribution in [1.29, 1.82) is 0 Å². The highest BCUT2D eigenvalue weighted by Gasteiger charge is 2.30. The molecule has 0 aromatic carbocycles. The van der Waals surface area contributed by atoms with Gasteiger partial charge in [-0.05, 0) is 49.4 Å². The molecule has 0 fully saturated rings. The first-order chi connectivity index (χ1) is 39.1. The molecule has 486 valence electrons. The third-order valence-corrected chi connectivity index (χ3v) is 16.6. The Labute approximate surface area is 498 Å². The van der Waals surface area contributed by atoms with E-state index in [0.29, 0.717) is 31.6 Å². The topological polar surface area (TPSA) is 237 Å². The van der Waals surface area contributed by atoms with Gasteiger partial charge in [0, 0.05) is 25.7 Å². The first-order valence-electron chi connectivity index (χ1n) is 32.7. The average molecular weight is 1210 g/mol. The predicted octanol–water partition coefficient (Wildman–Crippen LogP) is 17.0. The number of rotatable bonds is 60. The summed E-state index contributed by atoms with van der Waals surface area (Å²) < 4.78 is 67.9. The summed E-state index contributed by atoms with van der Waals surface area (Å²) in [7, 11) is -9.89. The van der Waals surface area contributed by atoms with E-state index in [9.17, 15) is 43.2 Å². The van der Waals surface area contributed by atoms with Crippen LogP contribution in [-0.2, 0) is 65.4 Å². The molecular weight excluding hydrogens is 1090 g/mol. The van der Waals surface area contributed by atoms with E-state index in [1.807, 2.05) is 0 Å². The Bertz CT molecular complexity index is 1650. The first-order valence-corrected chi connectivity index (χ1v) is 35.7. The number of phosphoric ester groups is 2. The fourth-order valence-corrected chi connectivity index (χ4v) is 10.8.